The molecule has 1 aromatic carbocycles. The fourth-order valence-corrected chi connectivity index (χ4v) is 4.62. The molecule has 3 aromatic rings. The van der Waals surface area contributed by atoms with Gasteiger partial charge in [-0.3, -0.25) is 4.79 Å². The number of amides is 1. The Hall–Kier alpha value is -2.53. The van der Waals surface area contributed by atoms with Crippen LogP contribution in [0.2, 0.25) is 0 Å². The second kappa shape index (κ2) is 7.00. The summed E-state index contributed by atoms with van der Waals surface area (Å²) in [5, 5.41) is 4.57. The maximum Gasteiger partial charge on any atom is 0.257 e. The molecule has 0 aliphatic carbocycles. The normalized spacial score (nSPS) is 16.8. The van der Waals surface area contributed by atoms with Crippen molar-refractivity contribution in [1.29, 1.82) is 0 Å². The van der Waals surface area contributed by atoms with Crippen LogP contribution in [0.3, 0.4) is 0 Å². The lowest BCUT2D eigenvalue weighted by molar-refractivity contribution is 0.0791. The summed E-state index contributed by atoms with van der Waals surface area (Å²) in [5.74, 6) is 0.146. The number of nitrogens with zero attached hydrogens (tertiary/aromatic N) is 2. The summed E-state index contributed by atoms with van der Waals surface area (Å²) in [6.45, 7) is 5.69. The Kier molecular flexibility index (Phi) is 4.55. The number of benzene rings is 1. The average molecular weight is 366 g/mol. The summed E-state index contributed by atoms with van der Waals surface area (Å²) < 4.78 is 2.05. The van der Waals surface area contributed by atoms with Crippen molar-refractivity contribution >= 4 is 22.9 Å². The monoisotopic (exact) mass is 365 g/mol. The van der Waals surface area contributed by atoms with Gasteiger partial charge in [0.2, 0.25) is 0 Å². The quantitative estimate of drug-likeness (QED) is 0.740. The third kappa shape index (κ3) is 3.15. The van der Waals surface area contributed by atoms with Gasteiger partial charge in [-0.15, -0.1) is 11.3 Å². The number of hydrogen-bond donors (Lipinski definition) is 1. The van der Waals surface area contributed by atoms with Crippen molar-refractivity contribution in [1.82, 2.24) is 9.47 Å². The van der Waals surface area contributed by atoms with E-state index in [1.54, 1.807) is 11.3 Å². The number of carbonyl (C=O) groups is 1. The molecule has 0 bridgehead atoms. The van der Waals surface area contributed by atoms with Crippen molar-refractivity contribution in [2.75, 3.05) is 18.4 Å². The van der Waals surface area contributed by atoms with Gasteiger partial charge in [-0.25, -0.2) is 0 Å². The summed E-state index contributed by atoms with van der Waals surface area (Å²) in [7, 11) is 0. The molecule has 4 nitrogen and oxygen atoms in total. The summed E-state index contributed by atoms with van der Waals surface area (Å²) in [4.78, 5) is 16.5. The van der Waals surface area contributed by atoms with Crippen molar-refractivity contribution in [3.63, 3.8) is 0 Å². The molecule has 1 unspecified atom stereocenters. The van der Waals surface area contributed by atoms with Crippen LogP contribution >= 0.6 is 11.3 Å². The van der Waals surface area contributed by atoms with Crippen molar-refractivity contribution in [2.45, 2.75) is 26.3 Å². The lowest BCUT2D eigenvalue weighted by atomic mass is 10.1. The highest BCUT2D eigenvalue weighted by atomic mass is 32.1. The van der Waals surface area contributed by atoms with Crippen LogP contribution in [0, 0.1) is 13.8 Å². The molecule has 1 N–H and O–H groups in total. The molecule has 4 rings (SSSR count). The molecule has 3 heterocycles. The van der Waals surface area contributed by atoms with Crippen LogP contribution in [0.5, 0.6) is 0 Å². The second-order valence-corrected chi connectivity index (χ2v) is 8.00. The number of para-hydroxylation sites is 1. The Morgan fingerprint density at radius 1 is 1.12 bits per heavy atom. The van der Waals surface area contributed by atoms with Gasteiger partial charge in [-0.05, 0) is 50.1 Å². The van der Waals surface area contributed by atoms with E-state index in [0.717, 1.165) is 41.3 Å². The van der Waals surface area contributed by atoms with Crippen molar-refractivity contribution in [2.24, 2.45) is 0 Å². The zero-order valence-electron chi connectivity index (χ0n) is 15.1. The van der Waals surface area contributed by atoms with E-state index in [1.807, 2.05) is 52.2 Å². The lowest BCUT2D eigenvalue weighted by Gasteiger charge is -2.19. The third-order valence-corrected chi connectivity index (χ3v) is 6.26. The minimum atomic E-state index is 0.146. The molecule has 26 heavy (non-hydrogen) atoms. The van der Waals surface area contributed by atoms with Crippen molar-refractivity contribution < 1.29 is 4.79 Å². The highest BCUT2D eigenvalue weighted by Crippen LogP contribution is 2.32. The topological polar surface area (TPSA) is 37.3 Å². The van der Waals surface area contributed by atoms with E-state index in [9.17, 15) is 4.79 Å². The highest BCUT2D eigenvalue weighted by Gasteiger charge is 2.30. The van der Waals surface area contributed by atoms with E-state index < -0.39 is 0 Å². The zero-order chi connectivity index (χ0) is 18.1. The number of nitrogens with one attached hydrogen (secondary N) is 1. The molecular formula is C21H23N3OS. The summed E-state index contributed by atoms with van der Waals surface area (Å²) in [5.41, 5.74) is 3.06. The van der Waals surface area contributed by atoms with Crippen LogP contribution in [0.15, 0.2) is 54.9 Å². The number of aromatic nitrogens is 1. The predicted molar refractivity (Wildman–Crippen MR) is 107 cm³/mol. The Morgan fingerprint density at radius 3 is 2.58 bits per heavy atom. The van der Waals surface area contributed by atoms with E-state index in [4.69, 9.17) is 0 Å². The number of thiophene rings is 1. The van der Waals surface area contributed by atoms with Gasteiger partial charge in [-0.1, -0.05) is 18.2 Å². The van der Waals surface area contributed by atoms with Gasteiger partial charge in [0.05, 0.1) is 5.56 Å². The van der Waals surface area contributed by atoms with Gasteiger partial charge in [0.15, 0.2) is 0 Å². The SMILES string of the molecule is Cc1sc(-n2cccc2)c(C(=O)N2CCC(Nc3ccccc3)C2)c1C. The first-order chi connectivity index (χ1) is 12.6. The molecule has 2 aromatic heterocycles. The van der Waals surface area contributed by atoms with Crippen molar-refractivity contribution in [3.8, 4) is 5.00 Å². The molecule has 1 fully saturated rings. The smallest absolute Gasteiger partial charge is 0.257 e. The van der Waals surface area contributed by atoms with Crippen molar-refractivity contribution in [3.05, 3.63) is 70.9 Å². The van der Waals surface area contributed by atoms with Gasteiger partial charge < -0.3 is 14.8 Å². The molecule has 1 atom stereocenters. The maximum atomic E-state index is 13.3. The van der Waals surface area contributed by atoms with Crippen LogP contribution in [0.25, 0.3) is 5.00 Å². The number of aryl methyl sites for hydroxylation is 1. The van der Waals surface area contributed by atoms with Gasteiger partial charge in [-0.2, -0.15) is 0 Å². The Bertz CT molecular complexity index is 899. The second-order valence-electron chi connectivity index (χ2n) is 6.80. The molecule has 1 saturated heterocycles. The average Bonchev–Trinajstić information content (AvgIpc) is 3.37. The molecule has 1 amide bonds. The standard InChI is InChI=1S/C21H23N3OS/c1-15-16(2)26-21(23-11-6-7-12-23)19(15)20(25)24-13-10-18(14-24)22-17-8-4-3-5-9-17/h3-9,11-12,18,22H,10,13-14H2,1-2H3. The number of anilines is 1. The Morgan fingerprint density at radius 2 is 1.85 bits per heavy atom. The van der Waals surface area contributed by atoms with Crippen LogP contribution in [-0.4, -0.2) is 34.5 Å². The molecule has 1 aliphatic rings. The van der Waals surface area contributed by atoms with E-state index in [1.165, 1.54) is 4.88 Å². The largest absolute Gasteiger partial charge is 0.380 e. The number of carbonyl (C=O) groups excluding carboxylic acids is 1. The van der Waals surface area contributed by atoms with Crippen LogP contribution in [-0.2, 0) is 0 Å². The molecule has 0 radical (unpaired) electrons. The Labute approximate surface area is 158 Å². The van der Waals surface area contributed by atoms with E-state index in [-0.39, 0.29) is 5.91 Å². The molecule has 0 spiro atoms. The molecule has 0 saturated carbocycles. The van der Waals surface area contributed by atoms with Crippen LogP contribution in [0.4, 0.5) is 5.69 Å². The molecule has 1 aliphatic heterocycles. The van der Waals surface area contributed by atoms with Gasteiger partial charge in [0.25, 0.3) is 5.91 Å². The summed E-state index contributed by atoms with van der Waals surface area (Å²) in [6, 6.07) is 14.5. The number of likely N-dealkylation sites (tertiary alicyclic amines) is 1. The first kappa shape index (κ1) is 16.9. The summed E-state index contributed by atoms with van der Waals surface area (Å²) >= 11 is 1.69. The fraction of sp³-hybridized carbons (Fsp3) is 0.286. The summed E-state index contributed by atoms with van der Waals surface area (Å²) in [6.07, 6.45) is 4.98. The molecular weight excluding hydrogens is 342 g/mol. The molecule has 134 valence electrons. The van der Waals surface area contributed by atoms with E-state index >= 15 is 0 Å². The van der Waals surface area contributed by atoms with Gasteiger partial charge in [0.1, 0.15) is 5.00 Å². The van der Waals surface area contributed by atoms with Gasteiger partial charge in [0, 0.05) is 42.1 Å². The first-order valence-corrected chi connectivity index (χ1v) is 9.79. The molecule has 5 heteroatoms. The maximum absolute atomic E-state index is 13.3. The fourth-order valence-electron chi connectivity index (χ4n) is 3.50. The Balaban J connectivity index is 1.54. The lowest BCUT2D eigenvalue weighted by Crippen LogP contribution is -2.32. The van der Waals surface area contributed by atoms with Crippen LogP contribution < -0.4 is 5.32 Å². The zero-order valence-corrected chi connectivity index (χ0v) is 15.9. The number of rotatable bonds is 4. The predicted octanol–water partition coefficient (Wildman–Crippen LogP) is 4.48. The number of hydrogen-bond acceptors (Lipinski definition) is 3. The highest BCUT2D eigenvalue weighted by molar-refractivity contribution is 7.15. The third-order valence-electron chi connectivity index (χ3n) is 5.04. The minimum Gasteiger partial charge on any atom is -0.380 e. The van der Waals surface area contributed by atoms with E-state index in [0.29, 0.717) is 6.04 Å². The first-order valence-electron chi connectivity index (χ1n) is 8.97. The minimum absolute atomic E-state index is 0.146. The van der Waals surface area contributed by atoms with Crippen LogP contribution in [0.1, 0.15) is 27.2 Å². The van der Waals surface area contributed by atoms with E-state index in [2.05, 4.69) is 31.3 Å². The van der Waals surface area contributed by atoms with Gasteiger partial charge >= 0.3 is 0 Å².